The quantitative estimate of drug-likeness (QED) is 0.431. The summed E-state index contributed by atoms with van der Waals surface area (Å²) in [6, 6.07) is 0. The second kappa shape index (κ2) is 4.45. The minimum atomic E-state index is -1.28. The molecule has 2 saturated carbocycles. The number of hydrogen-bond donors (Lipinski definition) is 1. The van der Waals surface area contributed by atoms with Gasteiger partial charge in [0.2, 0.25) is 0 Å². The van der Waals surface area contributed by atoms with E-state index in [1.165, 1.54) is 0 Å². The molecule has 0 bridgehead atoms. The van der Waals surface area contributed by atoms with Gasteiger partial charge in [-0.25, -0.2) is 4.79 Å². The first-order chi connectivity index (χ1) is 13.7. The predicted molar refractivity (Wildman–Crippen MR) is 99.5 cm³/mol. The van der Waals surface area contributed by atoms with Crippen molar-refractivity contribution < 1.29 is 28.8 Å². The maximum Gasteiger partial charge on any atom is 0.334 e. The Morgan fingerprint density at radius 2 is 2.03 bits per heavy atom. The molecule has 0 radical (unpaired) electrons. The van der Waals surface area contributed by atoms with Gasteiger partial charge in [0.05, 0.1) is 6.10 Å². The number of carbonyl (C=O) groups excluding carboxylic acids is 1. The average Bonchev–Trinajstić information content (AvgIpc) is 3.54. The highest BCUT2D eigenvalue weighted by Crippen LogP contribution is 2.85. The number of esters is 1. The molecular weight excluding hydrogens is 372 g/mol. The molecule has 0 aromatic rings. The van der Waals surface area contributed by atoms with Crippen LogP contribution in [-0.2, 0) is 23.7 Å². The Morgan fingerprint density at radius 1 is 1.24 bits per heavy atom. The normalized spacial score (nSPS) is 60.1. The number of fused-ring (bicyclic) bond motifs is 4. The third-order valence-corrected chi connectivity index (χ3v) is 9.75. The van der Waals surface area contributed by atoms with E-state index in [1.54, 1.807) is 0 Å². The zero-order valence-electron chi connectivity index (χ0n) is 17.0. The second-order valence-corrected chi connectivity index (χ2v) is 10.6. The highest BCUT2D eigenvalue weighted by Gasteiger charge is 3.04. The highest BCUT2D eigenvalue weighted by molar-refractivity contribution is 5.92. The summed E-state index contributed by atoms with van der Waals surface area (Å²) in [5.74, 6) is 2.81. The van der Waals surface area contributed by atoms with E-state index in [0.29, 0.717) is 13.0 Å². The molecule has 6 nitrogen and oxygen atoms in total. The molecule has 1 N–H and O–H groups in total. The molecule has 1 unspecified atom stereocenters. The monoisotopic (exact) mass is 398 g/mol. The first kappa shape index (κ1) is 17.3. The molecule has 3 saturated heterocycles. The Morgan fingerprint density at radius 3 is 2.76 bits per heavy atom. The van der Waals surface area contributed by atoms with E-state index in [4.69, 9.17) is 25.4 Å². The van der Waals surface area contributed by atoms with Crippen LogP contribution >= 0.6 is 0 Å². The Kier molecular flexibility index (Phi) is 2.66. The van der Waals surface area contributed by atoms with Crippen molar-refractivity contribution in [3.05, 3.63) is 11.1 Å². The molecule has 0 aromatic heterocycles. The van der Waals surface area contributed by atoms with Crippen LogP contribution in [0.25, 0.3) is 0 Å². The first-order valence-electron chi connectivity index (χ1n) is 10.8. The molecule has 6 heteroatoms. The molecule has 4 heterocycles. The van der Waals surface area contributed by atoms with Crippen LogP contribution < -0.4 is 0 Å². The summed E-state index contributed by atoms with van der Waals surface area (Å²) in [5, 5.41) is 12.3. The number of hydrogen-bond acceptors (Lipinski definition) is 6. The topological polar surface area (TPSA) is 84.1 Å². The van der Waals surface area contributed by atoms with Gasteiger partial charge < -0.3 is 24.1 Å². The largest absolute Gasteiger partial charge is 0.458 e. The van der Waals surface area contributed by atoms with Crippen molar-refractivity contribution in [2.75, 3.05) is 6.61 Å². The number of aliphatic hydroxyl groups is 1. The average molecular weight is 398 g/mol. The molecule has 5 fully saturated rings. The first-order valence-corrected chi connectivity index (χ1v) is 10.8. The van der Waals surface area contributed by atoms with Crippen LogP contribution in [0.3, 0.4) is 0 Å². The van der Waals surface area contributed by atoms with Gasteiger partial charge in [-0.3, -0.25) is 0 Å². The standard InChI is InChI=1S/C23H26O6/c1-5-7-20(25)21(11(2)3)16(28-21)17-23(29-17)19(4)8-6-12-13(10-26-18(12)24)14(19)9-15-22(20,23)27-15/h1,11,14-17,25H,6-10H2,2-4H3/t14-,15-,16-,17-,19-,20?,21-,22+,23+/m0/s1. The van der Waals surface area contributed by atoms with Crippen molar-refractivity contribution in [3.63, 3.8) is 0 Å². The van der Waals surface area contributed by atoms with Gasteiger partial charge in [-0.15, -0.1) is 12.3 Å². The van der Waals surface area contributed by atoms with Crippen LogP contribution in [0.1, 0.15) is 46.5 Å². The van der Waals surface area contributed by atoms with E-state index in [-0.39, 0.29) is 48.0 Å². The second-order valence-electron chi connectivity index (χ2n) is 10.6. The zero-order chi connectivity index (χ0) is 20.2. The summed E-state index contributed by atoms with van der Waals surface area (Å²) in [5.41, 5.74) is -1.74. The number of rotatable bonds is 2. The zero-order valence-corrected chi connectivity index (χ0v) is 17.0. The Balaban J connectivity index is 1.42. The van der Waals surface area contributed by atoms with E-state index in [1.807, 2.05) is 0 Å². The van der Waals surface area contributed by atoms with Crippen molar-refractivity contribution in [1.29, 1.82) is 0 Å². The number of cyclic esters (lactones) is 1. The van der Waals surface area contributed by atoms with Crippen LogP contribution in [0.2, 0.25) is 0 Å². The van der Waals surface area contributed by atoms with Gasteiger partial charge in [-0.2, -0.15) is 0 Å². The molecule has 29 heavy (non-hydrogen) atoms. The Hall–Kier alpha value is -1.39. The van der Waals surface area contributed by atoms with E-state index in [0.717, 1.165) is 24.0 Å². The van der Waals surface area contributed by atoms with E-state index in [2.05, 4.69) is 26.7 Å². The lowest BCUT2D eigenvalue weighted by Gasteiger charge is -2.56. The molecule has 3 aliphatic carbocycles. The minimum absolute atomic E-state index is 0.0964. The van der Waals surface area contributed by atoms with Crippen molar-refractivity contribution in [2.45, 2.75) is 87.2 Å². The van der Waals surface area contributed by atoms with Crippen molar-refractivity contribution in [3.8, 4) is 12.3 Å². The van der Waals surface area contributed by atoms with Gasteiger partial charge in [0.25, 0.3) is 0 Å². The van der Waals surface area contributed by atoms with Crippen molar-refractivity contribution in [2.24, 2.45) is 17.3 Å². The highest BCUT2D eigenvalue weighted by atomic mass is 16.7. The number of carbonyl (C=O) groups is 1. The lowest BCUT2D eigenvalue weighted by molar-refractivity contribution is -0.164. The van der Waals surface area contributed by atoms with Crippen LogP contribution in [-0.4, -0.2) is 58.4 Å². The molecule has 7 aliphatic rings. The van der Waals surface area contributed by atoms with Gasteiger partial charge in [0, 0.05) is 17.4 Å². The summed E-state index contributed by atoms with van der Waals surface area (Å²) in [4.78, 5) is 12.2. The molecule has 0 amide bonds. The van der Waals surface area contributed by atoms with Gasteiger partial charge >= 0.3 is 5.97 Å². The fourth-order valence-electron chi connectivity index (χ4n) is 8.50. The van der Waals surface area contributed by atoms with Crippen LogP contribution in [0.5, 0.6) is 0 Å². The molecule has 0 aromatic carbocycles. The van der Waals surface area contributed by atoms with Gasteiger partial charge in [-0.1, -0.05) is 20.8 Å². The fraction of sp³-hybridized carbons (Fsp3) is 0.783. The summed E-state index contributed by atoms with van der Waals surface area (Å²) in [6.45, 7) is 6.79. The fourth-order valence-corrected chi connectivity index (χ4v) is 8.50. The number of ether oxygens (including phenoxy) is 4. The number of epoxide rings is 3. The Bertz CT molecular complexity index is 963. The van der Waals surface area contributed by atoms with E-state index < -0.39 is 22.4 Å². The molecule has 7 rings (SSSR count). The summed E-state index contributed by atoms with van der Waals surface area (Å²) in [6.07, 6.45) is 7.81. The molecule has 4 aliphatic heterocycles. The number of terminal acetylenes is 1. The smallest absolute Gasteiger partial charge is 0.334 e. The van der Waals surface area contributed by atoms with Crippen LogP contribution in [0, 0.1) is 29.6 Å². The van der Waals surface area contributed by atoms with Crippen LogP contribution in [0.4, 0.5) is 0 Å². The molecule has 9 atom stereocenters. The summed E-state index contributed by atoms with van der Waals surface area (Å²) >= 11 is 0. The Labute approximate surface area is 169 Å². The van der Waals surface area contributed by atoms with Gasteiger partial charge in [-0.05, 0) is 36.7 Å². The lowest BCUT2D eigenvalue weighted by Crippen LogP contribution is -2.75. The molecular formula is C23H26O6. The lowest BCUT2D eigenvalue weighted by atomic mass is 9.43. The molecule has 154 valence electrons. The van der Waals surface area contributed by atoms with Crippen LogP contribution in [0.15, 0.2) is 11.1 Å². The SMILES string of the molecule is C#CCC1(O)[C@]23O[C@H]2C[C@H]2C4=C(CC[C@]2(C)[C@@]32O[C@H]2[C@@H]2O[C@@]21C(C)C)C(=O)OC4. The van der Waals surface area contributed by atoms with E-state index >= 15 is 0 Å². The minimum Gasteiger partial charge on any atom is -0.458 e. The predicted octanol–water partition coefficient (Wildman–Crippen LogP) is 1.50. The maximum absolute atomic E-state index is 12.3. The van der Waals surface area contributed by atoms with Crippen molar-refractivity contribution >= 4 is 5.97 Å². The third-order valence-electron chi connectivity index (χ3n) is 9.75. The molecule has 2 spiro atoms. The maximum atomic E-state index is 12.3. The summed E-state index contributed by atoms with van der Waals surface area (Å²) < 4.78 is 24.8. The van der Waals surface area contributed by atoms with Gasteiger partial charge in [0.15, 0.2) is 5.60 Å². The third kappa shape index (κ3) is 1.37. The summed E-state index contributed by atoms with van der Waals surface area (Å²) in [7, 11) is 0. The van der Waals surface area contributed by atoms with E-state index in [9.17, 15) is 9.90 Å². The van der Waals surface area contributed by atoms with Crippen molar-refractivity contribution in [1.82, 2.24) is 0 Å². The van der Waals surface area contributed by atoms with Gasteiger partial charge in [0.1, 0.15) is 35.6 Å².